The molecule has 1 saturated heterocycles. The topological polar surface area (TPSA) is 63.4 Å². The summed E-state index contributed by atoms with van der Waals surface area (Å²) in [7, 11) is 0. The number of amides is 2. The summed E-state index contributed by atoms with van der Waals surface area (Å²) >= 11 is 0. The lowest BCUT2D eigenvalue weighted by molar-refractivity contribution is -0.140. The lowest BCUT2D eigenvalue weighted by Crippen LogP contribution is -2.35. The molecule has 1 heterocycles. The summed E-state index contributed by atoms with van der Waals surface area (Å²) in [6.07, 6.45) is 3.51. The van der Waals surface area contributed by atoms with E-state index in [2.05, 4.69) is 0 Å². The molecule has 4 heteroatoms. The van der Waals surface area contributed by atoms with Crippen LogP contribution in [-0.4, -0.2) is 29.3 Å². The number of imide groups is 1. The predicted molar refractivity (Wildman–Crippen MR) is 55.8 cm³/mol. The Labute approximate surface area is 89.8 Å². The van der Waals surface area contributed by atoms with Gasteiger partial charge in [-0.3, -0.25) is 14.5 Å². The van der Waals surface area contributed by atoms with Crippen molar-refractivity contribution in [2.24, 2.45) is 17.6 Å². The zero-order valence-electron chi connectivity index (χ0n) is 9.11. The fraction of sp³-hybridized carbons (Fsp3) is 0.818. The molecule has 15 heavy (non-hydrogen) atoms. The maximum Gasteiger partial charge on any atom is 0.233 e. The highest BCUT2D eigenvalue weighted by atomic mass is 16.2. The molecule has 84 valence electrons. The molecule has 2 N–H and O–H groups in total. The van der Waals surface area contributed by atoms with Crippen molar-refractivity contribution in [2.45, 2.75) is 38.6 Å². The number of hydrogen-bond acceptors (Lipinski definition) is 3. The van der Waals surface area contributed by atoms with E-state index in [1.54, 1.807) is 0 Å². The summed E-state index contributed by atoms with van der Waals surface area (Å²) in [4.78, 5) is 25.2. The van der Waals surface area contributed by atoms with E-state index in [1.165, 1.54) is 4.90 Å². The molecule has 0 aromatic heterocycles. The first-order valence-corrected chi connectivity index (χ1v) is 5.72. The van der Waals surface area contributed by atoms with E-state index < -0.39 is 0 Å². The van der Waals surface area contributed by atoms with Crippen molar-refractivity contribution < 1.29 is 9.59 Å². The lowest BCUT2D eigenvalue weighted by atomic mass is 10.00. The van der Waals surface area contributed by atoms with E-state index in [-0.39, 0.29) is 29.7 Å². The lowest BCUT2D eigenvalue weighted by Gasteiger charge is -2.16. The van der Waals surface area contributed by atoms with Gasteiger partial charge < -0.3 is 5.73 Å². The zero-order valence-corrected chi connectivity index (χ0v) is 9.11. The fourth-order valence-corrected chi connectivity index (χ4v) is 2.61. The molecule has 1 aliphatic carbocycles. The van der Waals surface area contributed by atoms with Gasteiger partial charge in [0.1, 0.15) is 0 Å². The van der Waals surface area contributed by atoms with Crippen LogP contribution in [0.3, 0.4) is 0 Å². The first-order chi connectivity index (χ1) is 7.11. The Morgan fingerprint density at radius 3 is 2.33 bits per heavy atom. The molecule has 3 atom stereocenters. The maximum atomic E-state index is 11.9. The molecule has 3 unspecified atom stereocenters. The molecule has 4 nitrogen and oxygen atoms in total. The molecule has 0 bridgehead atoms. The minimum Gasteiger partial charge on any atom is -0.328 e. The van der Waals surface area contributed by atoms with Gasteiger partial charge in [0.25, 0.3) is 0 Å². The second kappa shape index (κ2) is 3.93. The smallest absolute Gasteiger partial charge is 0.233 e. The normalized spacial score (nSPS) is 32.3. The van der Waals surface area contributed by atoms with Gasteiger partial charge in [-0.05, 0) is 26.2 Å². The third-order valence-corrected chi connectivity index (χ3v) is 3.49. The third-order valence-electron chi connectivity index (χ3n) is 3.49. The van der Waals surface area contributed by atoms with Crippen LogP contribution in [0, 0.1) is 11.8 Å². The molecule has 2 rings (SSSR count). The highest BCUT2D eigenvalue weighted by Gasteiger charge is 2.49. The molecule has 0 aromatic rings. The van der Waals surface area contributed by atoms with Gasteiger partial charge in [0.2, 0.25) is 11.8 Å². The van der Waals surface area contributed by atoms with E-state index in [1.807, 2.05) is 6.92 Å². The Morgan fingerprint density at radius 1 is 1.33 bits per heavy atom. The molecule has 0 spiro atoms. The van der Waals surface area contributed by atoms with Crippen LogP contribution in [0.5, 0.6) is 0 Å². The van der Waals surface area contributed by atoms with Gasteiger partial charge >= 0.3 is 0 Å². The van der Waals surface area contributed by atoms with E-state index in [9.17, 15) is 9.59 Å². The number of fused-ring (bicyclic) bond motifs is 1. The van der Waals surface area contributed by atoms with Gasteiger partial charge in [-0.25, -0.2) is 0 Å². The van der Waals surface area contributed by atoms with Crippen LogP contribution >= 0.6 is 0 Å². The van der Waals surface area contributed by atoms with Crippen molar-refractivity contribution in [3.05, 3.63) is 0 Å². The van der Waals surface area contributed by atoms with Crippen LogP contribution in [-0.2, 0) is 9.59 Å². The summed E-state index contributed by atoms with van der Waals surface area (Å²) < 4.78 is 0. The van der Waals surface area contributed by atoms with Gasteiger partial charge in [-0.15, -0.1) is 0 Å². The predicted octanol–water partition coefficient (Wildman–Crippen LogP) is 0.509. The SMILES string of the molecule is CC(N)CCN1C(=O)C2CCCC2C1=O. The Bertz CT molecular complexity index is 266. The number of nitrogens with two attached hydrogens (primary N) is 1. The van der Waals surface area contributed by atoms with Crippen molar-refractivity contribution in [3.63, 3.8) is 0 Å². The van der Waals surface area contributed by atoms with Crippen molar-refractivity contribution in [1.29, 1.82) is 0 Å². The van der Waals surface area contributed by atoms with E-state index >= 15 is 0 Å². The maximum absolute atomic E-state index is 11.9. The second-order valence-corrected chi connectivity index (χ2v) is 4.74. The van der Waals surface area contributed by atoms with Gasteiger partial charge in [0.05, 0.1) is 11.8 Å². The molecular formula is C11H18N2O2. The van der Waals surface area contributed by atoms with E-state index in [0.29, 0.717) is 13.0 Å². The van der Waals surface area contributed by atoms with Crippen LogP contribution in [0.25, 0.3) is 0 Å². The number of rotatable bonds is 3. The van der Waals surface area contributed by atoms with Gasteiger partial charge in [0, 0.05) is 12.6 Å². The minimum atomic E-state index is -0.00872. The molecular weight excluding hydrogens is 192 g/mol. The van der Waals surface area contributed by atoms with Crippen molar-refractivity contribution in [3.8, 4) is 0 Å². The van der Waals surface area contributed by atoms with Crippen molar-refractivity contribution in [2.75, 3.05) is 6.54 Å². The number of carbonyl (C=O) groups excluding carboxylic acids is 2. The quantitative estimate of drug-likeness (QED) is 0.690. The number of hydrogen-bond donors (Lipinski definition) is 1. The average molecular weight is 210 g/mol. The number of nitrogens with zero attached hydrogens (tertiary/aromatic N) is 1. The molecule has 2 fully saturated rings. The average Bonchev–Trinajstić information content (AvgIpc) is 2.71. The highest BCUT2D eigenvalue weighted by Crippen LogP contribution is 2.39. The fourth-order valence-electron chi connectivity index (χ4n) is 2.61. The standard InChI is InChI=1S/C11H18N2O2/c1-7(12)5-6-13-10(14)8-3-2-4-9(8)11(13)15/h7-9H,2-6,12H2,1H3. The van der Waals surface area contributed by atoms with Crippen LogP contribution in [0.15, 0.2) is 0 Å². The number of carbonyl (C=O) groups is 2. The summed E-state index contributed by atoms with van der Waals surface area (Å²) in [5.74, 6) is 0.0717. The van der Waals surface area contributed by atoms with Gasteiger partial charge in [-0.2, -0.15) is 0 Å². The minimum absolute atomic E-state index is 0.00872. The van der Waals surface area contributed by atoms with Crippen LogP contribution < -0.4 is 5.73 Å². The van der Waals surface area contributed by atoms with E-state index in [4.69, 9.17) is 5.73 Å². The summed E-state index contributed by atoms with van der Waals surface area (Å²) in [6, 6.07) is 0.0473. The first kappa shape index (κ1) is 10.6. The Hall–Kier alpha value is -0.900. The molecule has 1 saturated carbocycles. The summed E-state index contributed by atoms with van der Waals surface area (Å²) in [5.41, 5.74) is 5.63. The largest absolute Gasteiger partial charge is 0.328 e. The van der Waals surface area contributed by atoms with Gasteiger partial charge in [0.15, 0.2) is 0 Å². The number of likely N-dealkylation sites (tertiary alicyclic amines) is 1. The van der Waals surface area contributed by atoms with Crippen LogP contribution in [0.2, 0.25) is 0 Å². The Kier molecular flexibility index (Phi) is 2.78. The summed E-state index contributed by atoms with van der Waals surface area (Å²) in [5, 5.41) is 0. The first-order valence-electron chi connectivity index (χ1n) is 5.72. The molecule has 2 amide bonds. The molecule has 0 radical (unpaired) electrons. The Morgan fingerprint density at radius 2 is 1.87 bits per heavy atom. The third kappa shape index (κ3) is 1.78. The zero-order chi connectivity index (χ0) is 11.0. The van der Waals surface area contributed by atoms with Crippen molar-refractivity contribution in [1.82, 2.24) is 4.90 Å². The van der Waals surface area contributed by atoms with Crippen molar-refractivity contribution >= 4 is 11.8 Å². The Balaban J connectivity index is 2.01. The molecule has 0 aromatic carbocycles. The monoisotopic (exact) mass is 210 g/mol. The van der Waals surface area contributed by atoms with Gasteiger partial charge in [-0.1, -0.05) is 6.42 Å². The molecule has 2 aliphatic rings. The van der Waals surface area contributed by atoms with Crippen LogP contribution in [0.1, 0.15) is 32.6 Å². The highest BCUT2D eigenvalue weighted by molar-refractivity contribution is 6.05. The second-order valence-electron chi connectivity index (χ2n) is 4.74. The summed E-state index contributed by atoms with van der Waals surface area (Å²) in [6.45, 7) is 2.40. The molecule has 1 aliphatic heterocycles. The van der Waals surface area contributed by atoms with E-state index in [0.717, 1.165) is 19.3 Å². The van der Waals surface area contributed by atoms with Crippen LogP contribution in [0.4, 0.5) is 0 Å².